The van der Waals surface area contributed by atoms with E-state index in [1.54, 1.807) is 0 Å². The Hall–Kier alpha value is -1.74. The first-order valence-corrected chi connectivity index (χ1v) is 5.16. The van der Waals surface area contributed by atoms with Crippen LogP contribution in [0.15, 0.2) is 42.5 Å². The highest BCUT2D eigenvalue weighted by Gasteiger charge is 2.15. The van der Waals surface area contributed by atoms with Gasteiger partial charge in [0.2, 0.25) is 5.91 Å². The maximum atomic E-state index is 11.0. The molecular formula is C13H15ClN2O. The lowest BCUT2D eigenvalue weighted by Crippen LogP contribution is -2.17. The normalized spacial score (nSPS) is 11.8. The van der Waals surface area contributed by atoms with E-state index in [2.05, 4.69) is 11.6 Å². The Balaban J connectivity index is 0.00000144. The quantitative estimate of drug-likeness (QED) is 0.809. The predicted molar refractivity (Wildman–Crippen MR) is 72.3 cm³/mol. The van der Waals surface area contributed by atoms with Crippen LogP contribution in [0.5, 0.6) is 0 Å². The molecule has 90 valence electrons. The third kappa shape index (κ3) is 2.50. The van der Waals surface area contributed by atoms with Crippen molar-refractivity contribution in [1.29, 1.82) is 0 Å². The summed E-state index contributed by atoms with van der Waals surface area (Å²) in [5, 5.41) is 1.13. The van der Waals surface area contributed by atoms with Gasteiger partial charge in [-0.25, -0.2) is 0 Å². The van der Waals surface area contributed by atoms with Crippen LogP contribution in [0.3, 0.4) is 0 Å². The summed E-state index contributed by atoms with van der Waals surface area (Å²) in [6, 6.07) is 9.99. The average Bonchev–Trinajstić information content (AvgIpc) is 2.70. The largest absolute Gasteiger partial charge is 0.366 e. The third-order valence-electron chi connectivity index (χ3n) is 2.86. The fourth-order valence-electron chi connectivity index (χ4n) is 1.73. The van der Waals surface area contributed by atoms with Crippen molar-refractivity contribution < 1.29 is 4.79 Å². The van der Waals surface area contributed by atoms with Gasteiger partial charge in [0.05, 0.1) is 0 Å². The summed E-state index contributed by atoms with van der Waals surface area (Å²) in [6.45, 7) is 5.62. The van der Waals surface area contributed by atoms with E-state index in [0.717, 1.165) is 16.6 Å². The number of aromatic amines is 1. The summed E-state index contributed by atoms with van der Waals surface area (Å²) >= 11 is 0. The summed E-state index contributed by atoms with van der Waals surface area (Å²) < 4.78 is 0. The number of nitrogens with one attached hydrogen (secondary N) is 1. The predicted octanol–water partition coefficient (Wildman–Crippen LogP) is 2.73. The SMILES string of the molecule is C=C(C(N)=O)C(C)c1cc2ccccc2[nH]1.Cl. The van der Waals surface area contributed by atoms with Gasteiger partial charge >= 0.3 is 0 Å². The molecule has 3 nitrogen and oxygen atoms in total. The van der Waals surface area contributed by atoms with E-state index in [9.17, 15) is 4.79 Å². The van der Waals surface area contributed by atoms with Crippen LogP contribution in [0, 0.1) is 0 Å². The van der Waals surface area contributed by atoms with Crippen molar-refractivity contribution in [2.75, 3.05) is 0 Å². The molecule has 1 aromatic carbocycles. The maximum Gasteiger partial charge on any atom is 0.244 e. The molecule has 1 aromatic heterocycles. The highest BCUT2D eigenvalue weighted by Crippen LogP contribution is 2.25. The molecule has 0 spiro atoms. The fourth-order valence-corrected chi connectivity index (χ4v) is 1.73. The minimum Gasteiger partial charge on any atom is -0.366 e. The van der Waals surface area contributed by atoms with E-state index in [1.807, 2.05) is 37.3 Å². The number of carbonyl (C=O) groups is 1. The number of hydrogen-bond donors (Lipinski definition) is 2. The maximum absolute atomic E-state index is 11.0. The van der Waals surface area contributed by atoms with E-state index in [1.165, 1.54) is 0 Å². The van der Waals surface area contributed by atoms with Crippen LogP contribution in [0.4, 0.5) is 0 Å². The Labute approximate surface area is 106 Å². The lowest BCUT2D eigenvalue weighted by molar-refractivity contribution is -0.114. The number of halogens is 1. The van der Waals surface area contributed by atoms with Gasteiger partial charge in [-0.05, 0) is 17.5 Å². The van der Waals surface area contributed by atoms with Gasteiger partial charge in [-0.2, -0.15) is 0 Å². The van der Waals surface area contributed by atoms with Gasteiger partial charge in [0.1, 0.15) is 0 Å². The van der Waals surface area contributed by atoms with Crippen molar-refractivity contribution in [2.45, 2.75) is 12.8 Å². The molecule has 1 unspecified atom stereocenters. The molecule has 0 radical (unpaired) electrons. The van der Waals surface area contributed by atoms with Crippen molar-refractivity contribution in [3.05, 3.63) is 48.2 Å². The first kappa shape index (κ1) is 13.3. The number of rotatable bonds is 3. The number of aromatic nitrogens is 1. The number of fused-ring (bicyclic) bond motifs is 1. The topological polar surface area (TPSA) is 58.9 Å². The second kappa shape index (κ2) is 5.06. The van der Waals surface area contributed by atoms with E-state index >= 15 is 0 Å². The molecule has 0 fully saturated rings. The summed E-state index contributed by atoms with van der Waals surface area (Å²) in [6.07, 6.45) is 0. The second-order valence-electron chi connectivity index (χ2n) is 3.92. The molecule has 0 aliphatic heterocycles. The van der Waals surface area contributed by atoms with Crippen molar-refractivity contribution >= 4 is 29.2 Å². The van der Waals surface area contributed by atoms with Gasteiger partial charge in [0.25, 0.3) is 0 Å². The van der Waals surface area contributed by atoms with Crippen molar-refractivity contribution in [3.63, 3.8) is 0 Å². The zero-order chi connectivity index (χ0) is 11.7. The van der Waals surface area contributed by atoms with Gasteiger partial charge in [-0.15, -0.1) is 12.4 Å². The number of nitrogens with two attached hydrogens (primary N) is 1. The molecule has 2 aromatic rings. The number of para-hydroxylation sites is 1. The van der Waals surface area contributed by atoms with Crippen LogP contribution in [0.1, 0.15) is 18.5 Å². The first-order chi connectivity index (χ1) is 7.59. The Morgan fingerprint density at radius 2 is 2.06 bits per heavy atom. The van der Waals surface area contributed by atoms with E-state index < -0.39 is 5.91 Å². The number of amides is 1. The Kier molecular flexibility index (Phi) is 3.97. The molecule has 17 heavy (non-hydrogen) atoms. The standard InChI is InChI=1S/C13H14N2O.ClH/c1-8(9(2)13(14)16)12-7-10-5-3-4-6-11(10)15-12;/h3-8,15H,2H2,1H3,(H2,14,16);1H. The van der Waals surface area contributed by atoms with E-state index in [-0.39, 0.29) is 18.3 Å². The molecule has 1 heterocycles. The van der Waals surface area contributed by atoms with Gasteiger partial charge in [0, 0.05) is 22.7 Å². The van der Waals surface area contributed by atoms with Gasteiger partial charge in [-0.1, -0.05) is 31.7 Å². The number of carbonyl (C=O) groups excluding carboxylic acids is 1. The Morgan fingerprint density at radius 1 is 1.41 bits per heavy atom. The Bertz CT molecular complexity index is 526. The zero-order valence-corrected chi connectivity index (χ0v) is 10.4. The zero-order valence-electron chi connectivity index (χ0n) is 9.57. The minimum atomic E-state index is -0.453. The van der Waals surface area contributed by atoms with Crippen molar-refractivity contribution in [2.24, 2.45) is 5.73 Å². The minimum absolute atomic E-state index is 0. The van der Waals surface area contributed by atoms with E-state index in [4.69, 9.17) is 5.73 Å². The molecule has 0 bridgehead atoms. The number of primary amides is 1. The highest BCUT2D eigenvalue weighted by atomic mass is 35.5. The van der Waals surface area contributed by atoms with Crippen LogP contribution in [0.25, 0.3) is 10.9 Å². The molecule has 0 saturated carbocycles. The molecule has 1 amide bonds. The molecule has 3 N–H and O–H groups in total. The molecule has 1 atom stereocenters. The van der Waals surface area contributed by atoms with Crippen LogP contribution in [-0.2, 0) is 4.79 Å². The summed E-state index contributed by atoms with van der Waals surface area (Å²) in [7, 11) is 0. The molecule has 0 saturated heterocycles. The highest BCUT2D eigenvalue weighted by molar-refractivity contribution is 5.93. The summed E-state index contributed by atoms with van der Waals surface area (Å²) in [5.41, 5.74) is 7.66. The summed E-state index contributed by atoms with van der Waals surface area (Å²) in [4.78, 5) is 14.3. The molecule has 2 rings (SSSR count). The first-order valence-electron chi connectivity index (χ1n) is 5.16. The number of H-pyrrole nitrogens is 1. The van der Waals surface area contributed by atoms with Gasteiger partial charge in [-0.3, -0.25) is 4.79 Å². The van der Waals surface area contributed by atoms with Crippen molar-refractivity contribution in [3.8, 4) is 0 Å². The lowest BCUT2D eigenvalue weighted by atomic mass is 9.99. The smallest absolute Gasteiger partial charge is 0.244 e. The third-order valence-corrected chi connectivity index (χ3v) is 2.86. The molecule has 0 aliphatic carbocycles. The van der Waals surface area contributed by atoms with Crippen LogP contribution in [-0.4, -0.2) is 10.9 Å². The van der Waals surface area contributed by atoms with Crippen LogP contribution >= 0.6 is 12.4 Å². The lowest BCUT2D eigenvalue weighted by Gasteiger charge is -2.09. The number of benzene rings is 1. The van der Waals surface area contributed by atoms with Crippen molar-refractivity contribution in [1.82, 2.24) is 4.98 Å². The second-order valence-corrected chi connectivity index (χ2v) is 3.92. The van der Waals surface area contributed by atoms with Gasteiger partial charge < -0.3 is 10.7 Å². The van der Waals surface area contributed by atoms with Crippen LogP contribution < -0.4 is 5.73 Å². The molecule has 4 heteroatoms. The fraction of sp³-hybridized carbons (Fsp3) is 0.154. The van der Waals surface area contributed by atoms with Gasteiger partial charge in [0.15, 0.2) is 0 Å². The number of hydrogen-bond acceptors (Lipinski definition) is 1. The molecular weight excluding hydrogens is 236 g/mol. The molecule has 0 aliphatic rings. The monoisotopic (exact) mass is 250 g/mol. The Morgan fingerprint density at radius 3 is 2.65 bits per heavy atom. The average molecular weight is 251 g/mol. The van der Waals surface area contributed by atoms with Crippen LogP contribution in [0.2, 0.25) is 0 Å². The summed E-state index contributed by atoms with van der Waals surface area (Å²) in [5.74, 6) is -0.531. The van der Waals surface area contributed by atoms with E-state index in [0.29, 0.717) is 5.57 Å².